The van der Waals surface area contributed by atoms with Gasteiger partial charge in [-0.2, -0.15) is 0 Å². The summed E-state index contributed by atoms with van der Waals surface area (Å²) in [4.78, 5) is 2.52. The molecule has 2 aliphatic heterocycles. The Morgan fingerprint density at radius 2 is 2.32 bits per heavy atom. The van der Waals surface area contributed by atoms with Crippen molar-refractivity contribution in [2.24, 2.45) is 5.41 Å². The van der Waals surface area contributed by atoms with E-state index in [9.17, 15) is 5.11 Å². The molecule has 1 unspecified atom stereocenters. The third-order valence-corrected chi connectivity index (χ3v) is 5.05. The second-order valence-corrected chi connectivity index (χ2v) is 6.69. The first-order valence-corrected chi connectivity index (χ1v) is 8.08. The van der Waals surface area contributed by atoms with Gasteiger partial charge in [-0.3, -0.25) is 4.90 Å². The average molecular weight is 302 g/mol. The third kappa shape index (κ3) is 2.99. The predicted molar refractivity (Wildman–Crippen MR) is 88.4 cm³/mol. The van der Waals surface area contributed by atoms with Crippen molar-refractivity contribution in [2.45, 2.75) is 25.8 Å². The molecule has 1 atom stereocenters. The van der Waals surface area contributed by atoms with Crippen LogP contribution in [0.15, 0.2) is 24.8 Å². The van der Waals surface area contributed by atoms with Gasteiger partial charge in [0, 0.05) is 25.2 Å². The number of methoxy groups -OCH3 is 1. The molecule has 120 valence electrons. The highest BCUT2D eigenvalue weighted by molar-refractivity contribution is 5.49. The SMILES string of the molecule is C=CCc1cc(CN2CCC3(CCNC3)C2)cc(OC)c1O. The molecule has 2 N–H and O–H groups in total. The second-order valence-electron chi connectivity index (χ2n) is 6.69. The molecule has 2 aliphatic rings. The summed E-state index contributed by atoms with van der Waals surface area (Å²) in [5, 5.41) is 13.7. The first-order valence-electron chi connectivity index (χ1n) is 8.08. The maximum absolute atomic E-state index is 10.2. The first kappa shape index (κ1) is 15.4. The van der Waals surface area contributed by atoms with Crippen molar-refractivity contribution < 1.29 is 9.84 Å². The van der Waals surface area contributed by atoms with Crippen LogP contribution in [0.3, 0.4) is 0 Å². The van der Waals surface area contributed by atoms with Gasteiger partial charge in [-0.05, 0) is 49.4 Å². The smallest absolute Gasteiger partial charge is 0.161 e. The summed E-state index contributed by atoms with van der Waals surface area (Å²) in [5.74, 6) is 0.801. The van der Waals surface area contributed by atoms with E-state index in [0.29, 0.717) is 17.6 Å². The van der Waals surface area contributed by atoms with E-state index in [1.807, 2.05) is 12.1 Å². The van der Waals surface area contributed by atoms with E-state index in [-0.39, 0.29) is 5.75 Å². The average Bonchev–Trinajstić information content (AvgIpc) is 3.13. The van der Waals surface area contributed by atoms with Gasteiger partial charge in [-0.1, -0.05) is 12.1 Å². The lowest BCUT2D eigenvalue weighted by Crippen LogP contribution is -2.28. The van der Waals surface area contributed by atoms with Crippen LogP contribution in [0.25, 0.3) is 0 Å². The molecular weight excluding hydrogens is 276 g/mol. The number of aromatic hydroxyl groups is 1. The van der Waals surface area contributed by atoms with E-state index in [1.54, 1.807) is 7.11 Å². The summed E-state index contributed by atoms with van der Waals surface area (Å²) in [6.07, 6.45) is 5.05. The van der Waals surface area contributed by atoms with Crippen LogP contribution in [0.5, 0.6) is 11.5 Å². The van der Waals surface area contributed by atoms with Crippen molar-refractivity contribution in [3.63, 3.8) is 0 Å². The summed E-state index contributed by atoms with van der Waals surface area (Å²) in [6.45, 7) is 9.32. The van der Waals surface area contributed by atoms with Gasteiger partial charge in [0.2, 0.25) is 0 Å². The highest BCUT2D eigenvalue weighted by Gasteiger charge is 2.40. The van der Waals surface area contributed by atoms with Crippen LogP contribution in [0.4, 0.5) is 0 Å². The normalized spacial score (nSPS) is 25.0. The Hall–Kier alpha value is -1.52. The van der Waals surface area contributed by atoms with Crippen LogP contribution >= 0.6 is 0 Å². The van der Waals surface area contributed by atoms with E-state index >= 15 is 0 Å². The highest BCUT2D eigenvalue weighted by atomic mass is 16.5. The molecule has 3 rings (SSSR count). The molecule has 2 fully saturated rings. The van der Waals surface area contributed by atoms with Gasteiger partial charge in [-0.15, -0.1) is 6.58 Å². The minimum atomic E-state index is 0.240. The van der Waals surface area contributed by atoms with E-state index in [2.05, 4.69) is 22.9 Å². The standard InChI is InChI=1S/C18H26N2O2/c1-3-4-15-9-14(10-16(22-2)17(15)21)11-20-8-6-18(13-20)5-7-19-12-18/h3,9-10,19,21H,1,4-8,11-13H2,2H3. The van der Waals surface area contributed by atoms with Crippen LogP contribution in [-0.2, 0) is 13.0 Å². The molecule has 4 nitrogen and oxygen atoms in total. The number of hydrogen-bond donors (Lipinski definition) is 2. The van der Waals surface area contributed by atoms with Crippen LogP contribution in [-0.4, -0.2) is 43.3 Å². The summed E-state index contributed by atoms with van der Waals surface area (Å²) >= 11 is 0. The fourth-order valence-corrected chi connectivity index (χ4v) is 3.85. The fourth-order valence-electron chi connectivity index (χ4n) is 3.85. The molecule has 1 aromatic rings. The maximum Gasteiger partial charge on any atom is 0.161 e. The number of ether oxygens (including phenoxy) is 1. The second kappa shape index (κ2) is 6.31. The predicted octanol–water partition coefficient (Wildman–Crippen LogP) is 2.31. The lowest BCUT2D eigenvalue weighted by Gasteiger charge is -2.23. The van der Waals surface area contributed by atoms with Crippen molar-refractivity contribution in [3.05, 3.63) is 35.9 Å². The van der Waals surface area contributed by atoms with Crippen LogP contribution in [0, 0.1) is 5.41 Å². The molecule has 4 heteroatoms. The molecule has 0 radical (unpaired) electrons. The molecule has 2 heterocycles. The van der Waals surface area contributed by atoms with Gasteiger partial charge < -0.3 is 15.2 Å². The van der Waals surface area contributed by atoms with Crippen molar-refractivity contribution in [2.75, 3.05) is 33.3 Å². The molecule has 1 spiro atoms. The molecule has 0 bridgehead atoms. The maximum atomic E-state index is 10.2. The molecule has 0 aromatic heterocycles. The Morgan fingerprint density at radius 3 is 3.00 bits per heavy atom. The number of rotatable bonds is 5. The zero-order valence-electron chi connectivity index (χ0n) is 13.4. The van der Waals surface area contributed by atoms with E-state index in [1.165, 1.54) is 24.9 Å². The number of phenolic OH excluding ortho intramolecular Hbond substituents is 1. The number of nitrogens with one attached hydrogen (secondary N) is 1. The third-order valence-electron chi connectivity index (χ3n) is 5.05. The summed E-state index contributed by atoms with van der Waals surface area (Å²) in [6, 6.07) is 4.04. The van der Waals surface area contributed by atoms with Gasteiger partial charge in [0.25, 0.3) is 0 Å². The number of allylic oxidation sites excluding steroid dienone is 1. The topological polar surface area (TPSA) is 44.7 Å². The van der Waals surface area contributed by atoms with Crippen LogP contribution in [0.2, 0.25) is 0 Å². The Bertz CT molecular complexity index is 550. The van der Waals surface area contributed by atoms with Gasteiger partial charge >= 0.3 is 0 Å². The molecular formula is C18H26N2O2. The molecule has 22 heavy (non-hydrogen) atoms. The summed E-state index contributed by atoms with van der Waals surface area (Å²) in [7, 11) is 1.60. The summed E-state index contributed by atoms with van der Waals surface area (Å²) in [5.41, 5.74) is 2.58. The lowest BCUT2D eigenvalue weighted by molar-refractivity contribution is 0.268. The Labute approximate surface area is 132 Å². The van der Waals surface area contributed by atoms with Crippen molar-refractivity contribution in [3.8, 4) is 11.5 Å². The quantitative estimate of drug-likeness (QED) is 0.819. The molecule has 0 aliphatic carbocycles. The van der Waals surface area contributed by atoms with Gasteiger partial charge in [0.05, 0.1) is 7.11 Å². The van der Waals surface area contributed by atoms with E-state index < -0.39 is 0 Å². The van der Waals surface area contributed by atoms with Gasteiger partial charge in [-0.25, -0.2) is 0 Å². The number of nitrogens with zero attached hydrogens (tertiary/aromatic N) is 1. The van der Waals surface area contributed by atoms with Gasteiger partial charge in [0.1, 0.15) is 0 Å². The zero-order valence-corrected chi connectivity index (χ0v) is 13.4. The monoisotopic (exact) mass is 302 g/mol. The van der Waals surface area contributed by atoms with E-state index in [4.69, 9.17) is 4.74 Å². The Balaban J connectivity index is 1.74. The number of likely N-dealkylation sites (tertiary alicyclic amines) is 1. The van der Waals surface area contributed by atoms with Crippen LogP contribution in [0.1, 0.15) is 24.0 Å². The van der Waals surface area contributed by atoms with Crippen LogP contribution < -0.4 is 10.1 Å². The number of benzene rings is 1. The minimum absolute atomic E-state index is 0.240. The largest absolute Gasteiger partial charge is 0.504 e. The highest BCUT2D eigenvalue weighted by Crippen LogP contribution is 2.38. The molecule has 1 aromatic carbocycles. The first-order chi connectivity index (χ1) is 10.7. The summed E-state index contributed by atoms with van der Waals surface area (Å²) < 4.78 is 5.32. The Kier molecular flexibility index (Phi) is 4.41. The molecule has 2 saturated heterocycles. The number of hydrogen-bond acceptors (Lipinski definition) is 4. The Morgan fingerprint density at radius 1 is 1.45 bits per heavy atom. The van der Waals surface area contributed by atoms with Crippen molar-refractivity contribution in [1.82, 2.24) is 10.2 Å². The number of phenols is 1. The van der Waals surface area contributed by atoms with Crippen molar-refractivity contribution in [1.29, 1.82) is 0 Å². The van der Waals surface area contributed by atoms with Gasteiger partial charge in [0.15, 0.2) is 11.5 Å². The lowest BCUT2D eigenvalue weighted by atomic mass is 9.86. The van der Waals surface area contributed by atoms with E-state index in [0.717, 1.165) is 31.7 Å². The minimum Gasteiger partial charge on any atom is -0.504 e. The van der Waals surface area contributed by atoms with Crippen molar-refractivity contribution >= 4 is 0 Å². The molecule has 0 amide bonds. The fraction of sp³-hybridized carbons (Fsp3) is 0.556. The zero-order chi connectivity index (χ0) is 15.6. The molecule has 0 saturated carbocycles.